The Morgan fingerprint density at radius 3 is 1.88 bits per heavy atom. The minimum atomic E-state index is -0.565. The molecule has 3 heterocycles. The first-order valence-electron chi connectivity index (χ1n) is 23.9. The molecule has 1 aliphatic heterocycles. The number of para-hydroxylation sites is 4. The Morgan fingerprint density at radius 2 is 1.17 bits per heavy atom. The van der Waals surface area contributed by atoms with Crippen molar-refractivity contribution >= 4 is 44.6 Å². The molecule has 60 heavy (non-hydrogen) atoms. The molecule has 11 rings (SSSR count). The van der Waals surface area contributed by atoms with Crippen LogP contribution in [0.1, 0.15) is 13.7 Å². The molecule has 1 aliphatic rings. The number of rotatable bonds is 8. The van der Waals surface area contributed by atoms with Crippen molar-refractivity contribution in [3.05, 3.63) is 225 Å². The summed E-state index contributed by atoms with van der Waals surface area (Å²) in [6.45, 7) is 1.74. The minimum Gasteiger partial charge on any atom is -0.509 e. The summed E-state index contributed by atoms with van der Waals surface area (Å²) in [4.78, 5) is 8.48. The molecule has 0 saturated carbocycles. The van der Waals surface area contributed by atoms with Gasteiger partial charge in [-0.1, -0.05) is 145 Å². The van der Waals surface area contributed by atoms with Crippen LogP contribution in [0.3, 0.4) is 0 Å². The molecule has 0 N–H and O–H groups in total. The summed E-state index contributed by atoms with van der Waals surface area (Å²) in [6, 6.07) is 45.5. The van der Waals surface area contributed by atoms with E-state index in [0.29, 0.717) is 28.6 Å². The summed E-state index contributed by atoms with van der Waals surface area (Å²) in [6.07, 6.45) is 1.87. The normalized spacial score (nSPS) is 14.4. The summed E-state index contributed by atoms with van der Waals surface area (Å²) in [5.41, 5.74) is 5.93. The summed E-state index contributed by atoms with van der Waals surface area (Å²) in [5, 5.41) is 2.01. The zero-order valence-electron chi connectivity index (χ0n) is 41.4. The first-order chi connectivity index (χ1) is 33.4. The van der Waals surface area contributed by atoms with Crippen LogP contribution in [0.15, 0.2) is 206 Å². The molecule has 5 nitrogen and oxygen atoms in total. The van der Waals surface area contributed by atoms with Gasteiger partial charge in [-0.05, 0) is 52.4 Å². The van der Waals surface area contributed by atoms with E-state index in [1.165, 1.54) is 0 Å². The Balaban J connectivity index is 0.00000567. The van der Waals surface area contributed by atoms with Crippen LogP contribution in [0.25, 0.3) is 61.0 Å². The first-order valence-corrected chi connectivity index (χ1v) is 18.9. The molecule has 0 spiro atoms. The number of pyridine rings is 1. The topological polar surface area (TPSA) is 33.5 Å². The van der Waals surface area contributed by atoms with E-state index in [1.54, 1.807) is 35.8 Å². The fourth-order valence-corrected chi connectivity index (χ4v) is 7.70. The monoisotopic (exact) mass is 960 g/mol. The van der Waals surface area contributed by atoms with Crippen molar-refractivity contribution in [1.82, 2.24) is 9.55 Å². The molecule has 0 aliphatic carbocycles. The summed E-state index contributed by atoms with van der Waals surface area (Å²) in [7, 11) is 0. The second-order valence-electron chi connectivity index (χ2n) is 13.8. The Morgan fingerprint density at radius 1 is 0.517 bits per heavy atom. The zero-order chi connectivity index (χ0) is 47.8. The second kappa shape index (κ2) is 15.9. The molecule has 0 unspecified atom stereocenters. The first kappa shape index (κ1) is 27.5. The summed E-state index contributed by atoms with van der Waals surface area (Å²) in [5.74, 6) is 1.53. The van der Waals surface area contributed by atoms with Gasteiger partial charge in [-0.3, -0.25) is 0 Å². The number of ether oxygens (including phenoxy) is 1. The van der Waals surface area contributed by atoms with Gasteiger partial charge in [0.05, 0.1) is 13.7 Å². The summed E-state index contributed by atoms with van der Waals surface area (Å²) >= 11 is 0. The Bertz CT molecular complexity index is 3580. The fourth-order valence-electron chi connectivity index (χ4n) is 7.70. The van der Waals surface area contributed by atoms with E-state index in [4.69, 9.17) is 23.4 Å². The van der Waals surface area contributed by atoms with Gasteiger partial charge < -0.3 is 19.1 Å². The van der Waals surface area contributed by atoms with Crippen LogP contribution in [0, 0.1) is 18.8 Å². The maximum Gasteiger partial charge on any atom is 0.135 e. The van der Waals surface area contributed by atoms with Crippen LogP contribution in [-0.4, -0.2) is 9.55 Å². The van der Waals surface area contributed by atoms with Crippen LogP contribution in [0.4, 0.5) is 22.7 Å². The quantitative estimate of drug-likeness (QED) is 0.142. The maximum absolute atomic E-state index is 9.00. The van der Waals surface area contributed by atoms with Crippen LogP contribution >= 0.6 is 0 Å². The minimum absolute atomic E-state index is 0. The molecule has 8 aromatic carbocycles. The van der Waals surface area contributed by atoms with Crippen molar-refractivity contribution in [2.24, 2.45) is 0 Å². The predicted octanol–water partition coefficient (Wildman–Crippen LogP) is 14.0. The standard InChI is InChI=1S/C54H35N4O.Pt/c1-4-16-38(17-5-1)41-30-33-53(55-36-41)58-49-27-11-10-24-47(49)48-32-31-44(35-52(48)58)59-43-23-14-22-42(34-43)56-37-57(51-29-13-12-28-50(51)56)54-45(39-18-6-2-7-19-39)25-15-26-46(54)40-20-8-3-9-21-40;/h1-33,36-37H;/q-3;/i2D,3D,6D,7D,8D,9D,18D,19D,20D,21D;. The zero-order valence-corrected chi connectivity index (χ0v) is 33.7. The Kier molecular flexibility index (Phi) is 7.26. The molecule has 0 fully saturated rings. The number of nitrogens with zero attached hydrogens (tertiary/aromatic N) is 4. The molecular weight excluding hydrogens is 916 g/mol. The van der Waals surface area contributed by atoms with E-state index >= 15 is 0 Å². The number of aromatic nitrogens is 2. The van der Waals surface area contributed by atoms with Gasteiger partial charge in [0.1, 0.15) is 5.82 Å². The third-order valence-electron chi connectivity index (χ3n) is 10.3. The van der Waals surface area contributed by atoms with E-state index < -0.39 is 60.4 Å². The van der Waals surface area contributed by atoms with Gasteiger partial charge in [0.15, 0.2) is 0 Å². The molecule has 0 bridgehead atoms. The average Bonchev–Trinajstić information content (AvgIpc) is 3.93. The van der Waals surface area contributed by atoms with Crippen molar-refractivity contribution in [2.75, 3.05) is 9.80 Å². The van der Waals surface area contributed by atoms with Crippen LogP contribution in [0.2, 0.25) is 0 Å². The number of hydrogen-bond donors (Lipinski definition) is 0. The van der Waals surface area contributed by atoms with E-state index in [1.807, 2.05) is 96.0 Å². The molecule has 0 saturated heterocycles. The predicted molar refractivity (Wildman–Crippen MR) is 241 cm³/mol. The van der Waals surface area contributed by atoms with Crippen LogP contribution < -0.4 is 14.5 Å². The SMILES string of the molecule is [2H]c1c([2H])c([2H])c(-c2cccc(-c3c([2H])c([2H])c([2H])c([2H])c3[2H])c2N2[CH-]N(c3[c-]c(Oc4[c-]c5c(cc4)c4ccccc4n5-c4ccc(-c5ccccc5)cn4)ccc3)c3ccccc32)c([2H])c1[2H].[Pt]. The molecule has 10 aromatic rings. The van der Waals surface area contributed by atoms with Gasteiger partial charge in [0, 0.05) is 78.0 Å². The molecule has 6 heteroatoms. The van der Waals surface area contributed by atoms with E-state index in [9.17, 15) is 0 Å². The molecular formula is C54H35N4OPt-3. The van der Waals surface area contributed by atoms with Crippen molar-refractivity contribution in [2.45, 2.75) is 0 Å². The number of anilines is 4. The third kappa shape index (κ3) is 6.63. The number of fused-ring (bicyclic) bond motifs is 4. The number of hydrogen-bond acceptors (Lipinski definition) is 4. The second-order valence-corrected chi connectivity index (χ2v) is 13.8. The number of benzene rings is 8. The van der Waals surface area contributed by atoms with Gasteiger partial charge in [0.2, 0.25) is 0 Å². The van der Waals surface area contributed by atoms with Crippen molar-refractivity contribution in [3.8, 4) is 50.7 Å². The molecule has 290 valence electrons. The van der Waals surface area contributed by atoms with Crippen LogP contribution in [-0.2, 0) is 21.1 Å². The average molecular weight is 961 g/mol. The van der Waals surface area contributed by atoms with Crippen molar-refractivity contribution in [1.29, 1.82) is 0 Å². The van der Waals surface area contributed by atoms with E-state index in [-0.39, 0.29) is 49.0 Å². The molecule has 0 amide bonds. The summed E-state index contributed by atoms with van der Waals surface area (Å²) < 4.78 is 95.4. The van der Waals surface area contributed by atoms with Gasteiger partial charge in [-0.15, -0.1) is 48.1 Å². The fraction of sp³-hybridized carbons (Fsp3) is 0. The van der Waals surface area contributed by atoms with Gasteiger partial charge >= 0.3 is 0 Å². The van der Waals surface area contributed by atoms with Gasteiger partial charge in [0.25, 0.3) is 0 Å². The van der Waals surface area contributed by atoms with Crippen molar-refractivity contribution in [3.63, 3.8) is 0 Å². The van der Waals surface area contributed by atoms with Gasteiger partial charge in [-0.2, -0.15) is 12.1 Å². The van der Waals surface area contributed by atoms with E-state index in [2.05, 4.69) is 47.0 Å². The molecule has 0 radical (unpaired) electrons. The Labute approximate surface area is 377 Å². The van der Waals surface area contributed by atoms with E-state index in [0.717, 1.165) is 38.8 Å². The van der Waals surface area contributed by atoms with Gasteiger partial charge in [-0.25, -0.2) is 4.98 Å². The largest absolute Gasteiger partial charge is 0.509 e. The van der Waals surface area contributed by atoms with Crippen LogP contribution in [0.5, 0.6) is 11.5 Å². The molecule has 0 atom stereocenters. The molecule has 2 aromatic heterocycles. The Hall–Kier alpha value is -7.20. The third-order valence-corrected chi connectivity index (χ3v) is 10.3. The smallest absolute Gasteiger partial charge is 0.135 e. The van der Waals surface area contributed by atoms with Crippen molar-refractivity contribution < 1.29 is 39.5 Å². The maximum atomic E-state index is 9.00.